The number of halogens is 2. The third-order valence-corrected chi connectivity index (χ3v) is 7.92. The highest BCUT2D eigenvalue weighted by Crippen LogP contribution is 2.38. The lowest BCUT2D eigenvalue weighted by Crippen LogP contribution is -2.19. The van der Waals surface area contributed by atoms with Crippen LogP contribution in [0.4, 0.5) is 5.69 Å². The van der Waals surface area contributed by atoms with E-state index in [2.05, 4.69) is 10.3 Å². The second kappa shape index (κ2) is 10.6. The van der Waals surface area contributed by atoms with E-state index >= 15 is 0 Å². The molecule has 0 unspecified atom stereocenters. The summed E-state index contributed by atoms with van der Waals surface area (Å²) in [4.78, 5) is 17.3. The van der Waals surface area contributed by atoms with E-state index < -0.39 is 10.1 Å². The molecule has 3 aromatic carbocycles. The minimum atomic E-state index is -4.06. The number of amides is 1. The number of carbonyl (C=O) groups excluding carboxylic acids is 1. The Morgan fingerprint density at radius 3 is 2.54 bits per heavy atom. The Morgan fingerprint density at radius 2 is 1.86 bits per heavy atom. The lowest BCUT2D eigenvalue weighted by molar-refractivity contribution is -0.115. The average molecular weight is 641 g/mol. The zero-order valence-electron chi connectivity index (χ0n) is 18.4. The fourth-order valence-corrected chi connectivity index (χ4v) is 5.93. The molecule has 0 aromatic heterocycles. The molecule has 7 nitrogen and oxygen atoms in total. The van der Waals surface area contributed by atoms with Crippen molar-refractivity contribution >= 4 is 78.9 Å². The highest BCUT2D eigenvalue weighted by Gasteiger charge is 2.25. The van der Waals surface area contributed by atoms with Crippen molar-refractivity contribution in [3.05, 3.63) is 85.3 Å². The number of benzene rings is 3. The summed E-state index contributed by atoms with van der Waals surface area (Å²) in [6.07, 6.45) is 1.67. The van der Waals surface area contributed by atoms with Crippen LogP contribution in [0.3, 0.4) is 0 Å². The predicted molar refractivity (Wildman–Crippen MR) is 147 cm³/mol. The molecule has 4 rings (SSSR count). The number of rotatable bonds is 6. The van der Waals surface area contributed by atoms with E-state index in [0.29, 0.717) is 29.9 Å². The molecule has 0 saturated carbocycles. The predicted octanol–water partition coefficient (Wildman–Crippen LogP) is 5.92. The number of nitrogens with zero attached hydrogens (tertiary/aromatic N) is 1. The van der Waals surface area contributed by atoms with Crippen LogP contribution in [-0.4, -0.2) is 26.6 Å². The molecular weight excluding hydrogens is 623 g/mol. The fraction of sp³-hybridized carbons (Fsp3) is 0.0833. The number of hydrogen-bond acceptors (Lipinski definition) is 7. The first-order valence-electron chi connectivity index (χ1n) is 10.1. The topological polar surface area (TPSA) is 94.1 Å². The van der Waals surface area contributed by atoms with Crippen molar-refractivity contribution in [1.29, 1.82) is 0 Å². The van der Waals surface area contributed by atoms with Gasteiger partial charge in [0.2, 0.25) is 0 Å². The highest BCUT2D eigenvalue weighted by molar-refractivity contribution is 14.1. The minimum Gasteiger partial charge on any atom is -0.493 e. The molecule has 180 valence electrons. The van der Waals surface area contributed by atoms with Crippen molar-refractivity contribution in [2.75, 3.05) is 7.11 Å². The van der Waals surface area contributed by atoms with Gasteiger partial charge in [-0.25, -0.2) is 4.99 Å². The lowest BCUT2D eigenvalue weighted by atomic mass is 10.2. The smallest absolute Gasteiger partial charge is 0.339 e. The molecular formula is C24H18ClIN2O5S2. The van der Waals surface area contributed by atoms with E-state index in [-0.39, 0.29) is 22.3 Å². The molecule has 1 N–H and O–H groups in total. The molecule has 1 amide bonds. The van der Waals surface area contributed by atoms with E-state index in [9.17, 15) is 13.2 Å². The van der Waals surface area contributed by atoms with Gasteiger partial charge in [0, 0.05) is 5.02 Å². The molecule has 0 spiro atoms. The zero-order chi connectivity index (χ0) is 25.2. The van der Waals surface area contributed by atoms with Gasteiger partial charge in [-0.15, -0.1) is 0 Å². The molecule has 1 aliphatic rings. The van der Waals surface area contributed by atoms with Gasteiger partial charge in [0.1, 0.15) is 4.90 Å². The number of methoxy groups -OCH3 is 1. The van der Waals surface area contributed by atoms with Gasteiger partial charge in [-0.05, 0) is 95.4 Å². The van der Waals surface area contributed by atoms with Crippen LogP contribution in [0.1, 0.15) is 11.1 Å². The van der Waals surface area contributed by atoms with Crippen molar-refractivity contribution in [3.8, 4) is 11.5 Å². The SMILES string of the molecule is COc1cc(/C=C2/SC(=Nc3cccc(Cl)c3)NC2=O)cc(I)c1OS(=O)(=O)c1ccc(C)cc1. The monoisotopic (exact) mass is 640 g/mol. The molecule has 1 aliphatic heterocycles. The Kier molecular flexibility index (Phi) is 7.74. The summed E-state index contributed by atoms with van der Waals surface area (Å²) in [5.41, 5.74) is 2.19. The number of aryl methyl sites for hydroxylation is 1. The Labute approximate surface area is 225 Å². The maximum absolute atomic E-state index is 12.8. The Bertz CT molecular complexity index is 1470. The summed E-state index contributed by atoms with van der Waals surface area (Å²) in [6, 6.07) is 16.7. The molecule has 0 radical (unpaired) electrons. The first-order valence-corrected chi connectivity index (χ1v) is 13.8. The van der Waals surface area contributed by atoms with Crippen molar-refractivity contribution in [2.24, 2.45) is 4.99 Å². The summed E-state index contributed by atoms with van der Waals surface area (Å²) in [5.74, 6) is -0.00903. The fourth-order valence-electron chi connectivity index (χ4n) is 3.06. The van der Waals surface area contributed by atoms with Crippen molar-refractivity contribution in [2.45, 2.75) is 11.8 Å². The molecule has 1 saturated heterocycles. The van der Waals surface area contributed by atoms with E-state index in [1.807, 2.05) is 29.5 Å². The summed E-state index contributed by atoms with van der Waals surface area (Å²) in [6.45, 7) is 1.87. The molecule has 0 aliphatic carbocycles. The normalized spacial score (nSPS) is 15.9. The maximum Gasteiger partial charge on any atom is 0.339 e. The Balaban J connectivity index is 1.60. The summed E-state index contributed by atoms with van der Waals surface area (Å²) in [5, 5.41) is 3.70. The van der Waals surface area contributed by atoms with Crippen LogP contribution in [0.5, 0.6) is 11.5 Å². The van der Waals surface area contributed by atoms with Gasteiger partial charge in [0.05, 0.1) is 21.3 Å². The van der Waals surface area contributed by atoms with Crippen LogP contribution in [0, 0.1) is 10.5 Å². The van der Waals surface area contributed by atoms with Gasteiger partial charge in [0.15, 0.2) is 16.7 Å². The van der Waals surface area contributed by atoms with Crippen molar-refractivity contribution in [3.63, 3.8) is 0 Å². The van der Waals surface area contributed by atoms with Crippen LogP contribution < -0.4 is 14.2 Å². The third kappa shape index (κ3) is 6.18. The van der Waals surface area contributed by atoms with Gasteiger partial charge in [-0.2, -0.15) is 8.42 Å². The number of hydrogen-bond donors (Lipinski definition) is 1. The summed E-state index contributed by atoms with van der Waals surface area (Å²) < 4.78 is 36.9. The van der Waals surface area contributed by atoms with Crippen LogP contribution in [0.25, 0.3) is 6.08 Å². The second-order valence-corrected chi connectivity index (χ2v) is 11.5. The van der Waals surface area contributed by atoms with Crippen LogP contribution in [-0.2, 0) is 14.9 Å². The van der Waals surface area contributed by atoms with E-state index in [4.69, 9.17) is 20.5 Å². The quantitative estimate of drug-likeness (QED) is 0.204. The third-order valence-electron chi connectivity index (χ3n) is 4.74. The van der Waals surface area contributed by atoms with Crippen molar-refractivity contribution < 1.29 is 22.1 Å². The average Bonchev–Trinajstić information content (AvgIpc) is 3.14. The molecule has 0 atom stereocenters. The number of aliphatic imine (C=N–C) groups is 1. The van der Waals surface area contributed by atoms with E-state index in [0.717, 1.165) is 5.56 Å². The number of thioether (sulfide) groups is 1. The second-order valence-electron chi connectivity index (χ2n) is 7.35. The van der Waals surface area contributed by atoms with Gasteiger partial charge in [0.25, 0.3) is 5.91 Å². The summed E-state index contributed by atoms with van der Waals surface area (Å²) >= 11 is 9.15. The van der Waals surface area contributed by atoms with Gasteiger partial charge >= 0.3 is 10.1 Å². The molecule has 1 fully saturated rings. The van der Waals surface area contributed by atoms with Gasteiger partial charge in [-0.1, -0.05) is 35.4 Å². The van der Waals surface area contributed by atoms with Crippen LogP contribution in [0.2, 0.25) is 5.02 Å². The maximum atomic E-state index is 12.8. The highest BCUT2D eigenvalue weighted by atomic mass is 127. The standard InChI is InChI=1S/C24H18ClIN2O5S2/c1-14-6-8-18(9-7-14)35(30,31)33-22-19(26)10-15(11-20(22)32-2)12-21-23(29)28-24(34-21)27-17-5-3-4-16(25)13-17/h3-13H,1-2H3,(H,27,28,29)/b21-12+. The van der Waals surface area contributed by atoms with Gasteiger partial charge in [-0.3, -0.25) is 4.79 Å². The van der Waals surface area contributed by atoms with Gasteiger partial charge < -0.3 is 14.2 Å². The Morgan fingerprint density at radius 1 is 1.11 bits per heavy atom. The zero-order valence-corrected chi connectivity index (χ0v) is 23.0. The van der Waals surface area contributed by atoms with E-state index in [1.165, 1.54) is 31.0 Å². The number of amidine groups is 1. The molecule has 1 heterocycles. The lowest BCUT2D eigenvalue weighted by Gasteiger charge is -2.13. The number of nitrogens with one attached hydrogen (secondary N) is 1. The molecule has 3 aromatic rings. The first-order chi connectivity index (χ1) is 16.6. The van der Waals surface area contributed by atoms with Crippen LogP contribution >= 0.6 is 46.0 Å². The number of carbonyl (C=O) groups is 1. The number of ether oxygens (including phenoxy) is 1. The minimum absolute atomic E-state index is 0.0395. The largest absolute Gasteiger partial charge is 0.493 e. The summed E-state index contributed by atoms with van der Waals surface area (Å²) in [7, 11) is -2.65. The molecule has 35 heavy (non-hydrogen) atoms. The molecule has 11 heteroatoms. The Hall–Kier alpha value is -2.54. The molecule has 0 bridgehead atoms. The van der Waals surface area contributed by atoms with E-state index in [1.54, 1.807) is 54.6 Å². The first kappa shape index (κ1) is 25.5. The van der Waals surface area contributed by atoms with Crippen molar-refractivity contribution in [1.82, 2.24) is 5.32 Å². The van der Waals surface area contributed by atoms with Crippen LogP contribution in [0.15, 0.2) is 75.5 Å².